The Bertz CT molecular complexity index is 334. The molecular formula is C14H24N2OS. The summed E-state index contributed by atoms with van der Waals surface area (Å²) in [6, 6.07) is 0.399. The first kappa shape index (κ1) is 14.0. The van der Waals surface area contributed by atoms with Crippen molar-refractivity contribution in [3.63, 3.8) is 0 Å². The van der Waals surface area contributed by atoms with E-state index >= 15 is 0 Å². The van der Waals surface area contributed by atoms with Crippen molar-refractivity contribution in [1.82, 2.24) is 10.3 Å². The lowest BCUT2D eigenvalue weighted by Crippen LogP contribution is -2.52. The number of nitrogens with one attached hydrogen (secondary N) is 1. The Morgan fingerprint density at radius 2 is 2.22 bits per heavy atom. The summed E-state index contributed by atoms with van der Waals surface area (Å²) in [6.45, 7) is 6.07. The highest BCUT2D eigenvalue weighted by Gasteiger charge is 2.42. The lowest BCUT2D eigenvalue weighted by atomic mass is 9.89. The van der Waals surface area contributed by atoms with E-state index in [2.05, 4.69) is 29.5 Å². The van der Waals surface area contributed by atoms with E-state index in [4.69, 9.17) is 4.74 Å². The van der Waals surface area contributed by atoms with Gasteiger partial charge in [-0.1, -0.05) is 19.8 Å². The van der Waals surface area contributed by atoms with Crippen LogP contribution < -0.4 is 5.32 Å². The summed E-state index contributed by atoms with van der Waals surface area (Å²) in [5.41, 5.74) is 0.0381. The maximum Gasteiger partial charge on any atom is 0.0941 e. The summed E-state index contributed by atoms with van der Waals surface area (Å²) in [5, 5.41) is 6.90. The Hall–Kier alpha value is -0.450. The predicted molar refractivity (Wildman–Crippen MR) is 76.1 cm³/mol. The van der Waals surface area contributed by atoms with Crippen molar-refractivity contribution in [2.24, 2.45) is 0 Å². The molecule has 102 valence electrons. The van der Waals surface area contributed by atoms with Crippen LogP contribution in [0.3, 0.4) is 0 Å². The number of rotatable bonds is 7. The summed E-state index contributed by atoms with van der Waals surface area (Å²) >= 11 is 1.75. The van der Waals surface area contributed by atoms with Crippen LogP contribution in [0.4, 0.5) is 0 Å². The van der Waals surface area contributed by atoms with Crippen LogP contribution in [-0.4, -0.2) is 29.8 Å². The molecule has 0 bridgehead atoms. The minimum atomic E-state index is 0.0381. The van der Waals surface area contributed by atoms with E-state index in [1.165, 1.54) is 30.7 Å². The smallest absolute Gasteiger partial charge is 0.0941 e. The number of ether oxygens (including phenoxy) is 1. The highest BCUT2D eigenvalue weighted by molar-refractivity contribution is 7.09. The van der Waals surface area contributed by atoms with Crippen molar-refractivity contribution < 1.29 is 4.74 Å². The van der Waals surface area contributed by atoms with E-state index in [1.54, 1.807) is 11.3 Å². The van der Waals surface area contributed by atoms with Crippen molar-refractivity contribution in [3.05, 3.63) is 16.6 Å². The molecule has 0 aliphatic heterocycles. The molecule has 2 rings (SSSR count). The number of likely N-dealkylation sites (N-methyl/N-ethyl adjacent to an activating group) is 1. The third kappa shape index (κ3) is 3.11. The lowest BCUT2D eigenvalue weighted by molar-refractivity contribution is -0.0609. The van der Waals surface area contributed by atoms with Gasteiger partial charge in [-0.05, 0) is 26.3 Å². The fourth-order valence-electron chi connectivity index (χ4n) is 3.07. The van der Waals surface area contributed by atoms with Gasteiger partial charge in [-0.2, -0.15) is 0 Å². The van der Waals surface area contributed by atoms with E-state index in [-0.39, 0.29) is 5.60 Å². The Labute approximate surface area is 114 Å². The van der Waals surface area contributed by atoms with Crippen LogP contribution in [-0.2, 0) is 11.2 Å². The van der Waals surface area contributed by atoms with Gasteiger partial charge in [-0.25, -0.2) is 4.98 Å². The van der Waals surface area contributed by atoms with Crippen LogP contribution in [0.1, 0.15) is 44.5 Å². The summed E-state index contributed by atoms with van der Waals surface area (Å²) in [5.74, 6) is 0. The fourth-order valence-corrected chi connectivity index (χ4v) is 3.74. The highest BCUT2D eigenvalue weighted by Crippen LogP contribution is 2.37. The van der Waals surface area contributed by atoms with Gasteiger partial charge in [-0.15, -0.1) is 11.3 Å². The Morgan fingerprint density at radius 1 is 1.44 bits per heavy atom. The fraction of sp³-hybridized carbons (Fsp3) is 0.786. The van der Waals surface area contributed by atoms with E-state index in [9.17, 15) is 0 Å². The number of thiazole rings is 1. The number of aromatic nitrogens is 1. The second kappa shape index (κ2) is 6.64. The van der Waals surface area contributed by atoms with Gasteiger partial charge in [0.1, 0.15) is 0 Å². The summed E-state index contributed by atoms with van der Waals surface area (Å²) in [4.78, 5) is 4.42. The Balaban J connectivity index is 2.10. The first-order valence-electron chi connectivity index (χ1n) is 7.06. The summed E-state index contributed by atoms with van der Waals surface area (Å²) in [7, 11) is 0. The normalized spacial score (nSPS) is 20.1. The Morgan fingerprint density at radius 3 is 2.78 bits per heavy atom. The van der Waals surface area contributed by atoms with Crippen LogP contribution in [0.15, 0.2) is 11.6 Å². The molecule has 1 aliphatic rings. The van der Waals surface area contributed by atoms with Gasteiger partial charge in [0.25, 0.3) is 0 Å². The van der Waals surface area contributed by atoms with E-state index in [1.807, 2.05) is 6.20 Å². The maximum absolute atomic E-state index is 6.17. The molecule has 0 spiro atoms. The summed E-state index contributed by atoms with van der Waals surface area (Å²) in [6.07, 6.45) is 7.84. The molecule has 1 saturated carbocycles. The van der Waals surface area contributed by atoms with Crippen LogP contribution in [0, 0.1) is 0 Å². The van der Waals surface area contributed by atoms with Gasteiger partial charge in [0.2, 0.25) is 0 Å². The first-order valence-corrected chi connectivity index (χ1v) is 7.94. The van der Waals surface area contributed by atoms with Crippen molar-refractivity contribution >= 4 is 11.3 Å². The van der Waals surface area contributed by atoms with Crippen LogP contribution in [0.5, 0.6) is 0 Å². The molecule has 1 N–H and O–H groups in total. The first-order chi connectivity index (χ1) is 8.80. The maximum atomic E-state index is 6.17. The largest absolute Gasteiger partial charge is 0.374 e. The van der Waals surface area contributed by atoms with Crippen LogP contribution >= 0.6 is 11.3 Å². The third-order valence-corrected chi connectivity index (χ3v) is 4.63. The number of hydrogen-bond acceptors (Lipinski definition) is 4. The minimum absolute atomic E-state index is 0.0381. The molecule has 0 saturated heterocycles. The number of hydrogen-bond donors (Lipinski definition) is 1. The second-order valence-corrected chi connectivity index (χ2v) is 5.92. The molecule has 0 aromatic carbocycles. The SMILES string of the molecule is CCNC(Cc1nccs1)C1(OCC)CCCC1. The standard InChI is InChI=1S/C14H24N2OS/c1-3-15-12(11-13-16-9-10-18-13)14(17-4-2)7-5-6-8-14/h9-10,12,15H,3-8,11H2,1-2H3. The molecule has 1 fully saturated rings. The lowest BCUT2D eigenvalue weighted by Gasteiger charge is -2.37. The molecule has 3 nitrogen and oxygen atoms in total. The zero-order valence-electron chi connectivity index (χ0n) is 11.4. The van der Waals surface area contributed by atoms with Crippen molar-refractivity contribution in [2.75, 3.05) is 13.2 Å². The van der Waals surface area contributed by atoms with E-state index < -0.39 is 0 Å². The second-order valence-electron chi connectivity index (χ2n) is 4.95. The van der Waals surface area contributed by atoms with Gasteiger partial charge < -0.3 is 10.1 Å². The molecular weight excluding hydrogens is 244 g/mol. The van der Waals surface area contributed by atoms with Crippen molar-refractivity contribution in [3.8, 4) is 0 Å². The topological polar surface area (TPSA) is 34.2 Å². The molecule has 18 heavy (non-hydrogen) atoms. The zero-order chi connectivity index (χ0) is 12.8. The molecule has 1 aromatic heterocycles. The Kier molecular flexibility index (Phi) is 5.15. The average molecular weight is 268 g/mol. The minimum Gasteiger partial charge on any atom is -0.374 e. The van der Waals surface area contributed by atoms with Gasteiger partial charge >= 0.3 is 0 Å². The quantitative estimate of drug-likeness (QED) is 0.825. The average Bonchev–Trinajstić information content (AvgIpc) is 3.01. The van der Waals surface area contributed by atoms with E-state index in [0.29, 0.717) is 6.04 Å². The highest BCUT2D eigenvalue weighted by atomic mass is 32.1. The van der Waals surface area contributed by atoms with Gasteiger partial charge in [0.15, 0.2) is 0 Å². The molecule has 1 aromatic rings. The molecule has 1 heterocycles. The van der Waals surface area contributed by atoms with Crippen LogP contribution in [0.25, 0.3) is 0 Å². The molecule has 0 radical (unpaired) electrons. The molecule has 1 aliphatic carbocycles. The molecule has 1 atom stereocenters. The zero-order valence-corrected chi connectivity index (χ0v) is 12.3. The third-order valence-electron chi connectivity index (χ3n) is 3.83. The monoisotopic (exact) mass is 268 g/mol. The molecule has 1 unspecified atom stereocenters. The van der Waals surface area contributed by atoms with Crippen molar-refractivity contribution in [1.29, 1.82) is 0 Å². The number of nitrogens with zero attached hydrogens (tertiary/aromatic N) is 1. The van der Waals surface area contributed by atoms with E-state index in [0.717, 1.165) is 19.6 Å². The summed E-state index contributed by atoms with van der Waals surface area (Å²) < 4.78 is 6.17. The van der Waals surface area contributed by atoms with Crippen molar-refractivity contribution in [2.45, 2.75) is 57.6 Å². The molecule has 0 amide bonds. The van der Waals surface area contributed by atoms with Gasteiger partial charge in [0.05, 0.1) is 10.6 Å². The van der Waals surface area contributed by atoms with Gasteiger partial charge in [0, 0.05) is 30.6 Å². The molecule has 4 heteroatoms. The van der Waals surface area contributed by atoms with Crippen LogP contribution in [0.2, 0.25) is 0 Å². The van der Waals surface area contributed by atoms with Gasteiger partial charge in [-0.3, -0.25) is 0 Å². The predicted octanol–water partition coefficient (Wildman–Crippen LogP) is 3.01.